The molecule has 0 aromatic rings. The molecule has 0 fully saturated rings. The third-order valence-corrected chi connectivity index (χ3v) is 3.53. The zero-order valence-electron chi connectivity index (χ0n) is 4.70. The van der Waals surface area contributed by atoms with Crippen molar-refractivity contribution in [3.05, 3.63) is 23.0 Å². The number of halogens is 1. The predicted molar refractivity (Wildman–Crippen MR) is 43.0 cm³/mol. The van der Waals surface area contributed by atoms with Crippen molar-refractivity contribution in [1.82, 2.24) is 0 Å². The van der Waals surface area contributed by atoms with E-state index >= 15 is 0 Å². The molecule has 1 nitrogen and oxygen atoms in total. The molecule has 1 rings (SSSR count). The number of carbonyl (C=O) groups excluding carboxylic acids is 1. The maximum atomic E-state index is 10.1. The topological polar surface area (TPSA) is 17.1 Å². The van der Waals surface area contributed by atoms with Crippen LogP contribution >= 0.6 is 22.5 Å². The van der Waals surface area contributed by atoms with E-state index in [4.69, 9.17) is 11.6 Å². The molecule has 1 aliphatic heterocycles. The Kier molecular flexibility index (Phi) is 2.37. The molecule has 9 heavy (non-hydrogen) atoms. The molecule has 1 atom stereocenters. The van der Waals surface area contributed by atoms with Crippen molar-refractivity contribution in [2.75, 3.05) is 0 Å². The fourth-order valence-corrected chi connectivity index (χ4v) is 2.14. The number of hydrogen-bond acceptors (Lipinski definition) is 1. The number of rotatable bonds is 2. The molecule has 0 aliphatic carbocycles. The van der Waals surface area contributed by atoms with Crippen molar-refractivity contribution in [2.45, 2.75) is 4.71 Å². The smallest absolute Gasteiger partial charge is 0.146 e. The summed E-state index contributed by atoms with van der Waals surface area (Å²) in [5.74, 6) is 0. The first kappa shape index (κ1) is 6.90. The first-order valence-corrected chi connectivity index (χ1v) is 4.55. The molecule has 0 N–H and O–H groups in total. The standard InChI is InChI=1S/C6H7ClOS/c7-6(5-8)9-3-1-2-4-9/h1-6,9H. The Hall–Kier alpha value is -0.210. The maximum Gasteiger partial charge on any atom is 0.146 e. The van der Waals surface area contributed by atoms with Gasteiger partial charge in [-0.2, -0.15) is 10.9 Å². The van der Waals surface area contributed by atoms with E-state index in [0.717, 1.165) is 6.29 Å². The zero-order chi connectivity index (χ0) is 6.69. The molecule has 0 aromatic heterocycles. The van der Waals surface area contributed by atoms with Crippen LogP contribution in [0.3, 0.4) is 0 Å². The molecule has 0 amide bonds. The highest BCUT2D eigenvalue weighted by Crippen LogP contribution is 2.38. The summed E-state index contributed by atoms with van der Waals surface area (Å²) < 4.78 is -0.324. The molecule has 0 radical (unpaired) electrons. The third-order valence-electron chi connectivity index (χ3n) is 1.02. The van der Waals surface area contributed by atoms with Crippen LogP contribution in [0.25, 0.3) is 0 Å². The summed E-state index contributed by atoms with van der Waals surface area (Å²) in [7, 11) is -0.470. The summed E-state index contributed by atoms with van der Waals surface area (Å²) in [4.78, 5) is 10.1. The number of thiol groups is 1. The van der Waals surface area contributed by atoms with Crippen molar-refractivity contribution in [1.29, 1.82) is 0 Å². The quantitative estimate of drug-likeness (QED) is 0.372. The van der Waals surface area contributed by atoms with E-state index < -0.39 is 10.9 Å². The van der Waals surface area contributed by atoms with E-state index in [2.05, 4.69) is 0 Å². The van der Waals surface area contributed by atoms with E-state index in [1.54, 1.807) is 0 Å². The van der Waals surface area contributed by atoms with Gasteiger partial charge in [-0.05, 0) is 10.8 Å². The molecule has 0 saturated heterocycles. The van der Waals surface area contributed by atoms with Crippen molar-refractivity contribution < 1.29 is 4.79 Å². The molecular weight excluding hydrogens is 156 g/mol. The average Bonchev–Trinajstić information content (AvgIpc) is 2.37. The van der Waals surface area contributed by atoms with Gasteiger partial charge in [0, 0.05) is 0 Å². The van der Waals surface area contributed by atoms with Gasteiger partial charge < -0.3 is 4.79 Å². The number of aldehydes is 1. The third kappa shape index (κ3) is 1.60. The number of hydrogen-bond donors (Lipinski definition) is 1. The van der Waals surface area contributed by atoms with E-state index in [1.807, 2.05) is 23.0 Å². The van der Waals surface area contributed by atoms with E-state index in [-0.39, 0.29) is 4.71 Å². The minimum atomic E-state index is -0.470. The Balaban J connectivity index is 2.52. The van der Waals surface area contributed by atoms with Gasteiger partial charge in [-0.15, -0.1) is 11.6 Å². The number of carbonyl (C=O) groups is 1. The second-order valence-corrected chi connectivity index (χ2v) is 4.46. The van der Waals surface area contributed by atoms with E-state index in [9.17, 15) is 4.79 Å². The first-order valence-electron chi connectivity index (χ1n) is 2.56. The Labute approximate surface area is 61.7 Å². The summed E-state index contributed by atoms with van der Waals surface area (Å²) in [6.07, 6.45) is 4.63. The summed E-state index contributed by atoms with van der Waals surface area (Å²) in [5.41, 5.74) is 0. The first-order chi connectivity index (χ1) is 4.34. The Morgan fingerprint density at radius 1 is 1.44 bits per heavy atom. The van der Waals surface area contributed by atoms with Crippen LogP contribution in [0.15, 0.2) is 23.0 Å². The molecule has 1 aliphatic rings. The second kappa shape index (κ2) is 3.08. The van der Waals surface area contributed by atoms with Gasteiger partial charge >= 0.3 is 0 Å². The van der Waals surface area contributed by atoms with Crippen LogP contribution in [-0.2, 0) is 4.79 Å². The van der Waals surface area contributed by atoms with Gasteiger partial charge in [-0.3, -0.25) is 0 Å². The Morgan fingerprint density at radius 2 is 2.00 bits per heavy atom. The van der Waals surface area contributed by atoms with Crippen LogP contribution in [0, 0.1) is 0 Å². The van der Waals surface area contributed by atoms with E-state index in [0.29, 0.717) is 0 Å². The molecule has 0 saturated carbocycles. The van der Waals surface area contributed by atoms with Gasteiger partial charge in [-0.25, -0.2) is 0 Å². The molecular formula is C6H7ClOS. The lowest BCUT2D eigenvalue weighted by Gasteiger charge is -2.09. The van der Waals surface area contributed by atoms with Crippen LogP contribution in [0.2, 0.25) is 0 Å². The highest BCUT2D eigenvalue weighted by molar-refractivity contribution is 8.24. The molecule has 1 heterocycles. The molecule has 1 unspecified atom stereocenters. The zero-order valence-corrected chi connectivity index (χ0v) is 6.35. The van der Waals surface area contributed by atoms with Gasteiger partial charge in [0.1, 0.15) is 11.0 Å². The van der Waals surface area contributed by atoms with Crippen molar-refractivity contribution in [3.8, 4) is 0 Å². The number of allylic oxidation sites excluding steroid dienone is 2. The minimum absolute atomic E-state index is 0.324. The molecule has 3 heteroatoms. The van der Waals surface area contributed by atoms with Crippen molar-refractivity contribution in [3.63, 3.8) is 0 Å². The van der Waals surface area contributed by atoms with Gasteiger partial charge in [0.25, 0.3) is 0 Å². The molecule has 0 spiro atoms. The van der Waals surface area contributed by atoms with Crippen LogP contribution in [0.5, 0.6) is 0 Å². The largest absolute Gasteiger partial charge is 0.301 e. The van der Waals surface area contributed by atoms with Gasteiger partial charge in [0.05, 0.1) is 0 Å². The van der Waals surface area contributed by atoms with Crippen molar-refractivity contribution >= 4 is 28.8 Å². The van der Waals surface area contributed by atoms with Gasteiger partial charge in [-0.1, -0.05) is 12.2 Å². The SMILES string of the molecule is O=CC(Cl)[SH]1C=CC=C1. The lowest BCUT2D eigenvalue weighted by molar-refractivity contribution is -0.106. The lowest BCUT2D eigenvalue weighted by Crippen LogP contribution is -1.94. The van der Waals surface area contributed by atoms with Gasteiger partial charge in [0.15, 0.2) is 0 Å². The fourth-order valence-electron chi connectivity index (χ4n) is 0.583. The predicted octanol–water partition coefficient (Wildman–Crippen LogP) is 1.79. The van der Waals surface area contributed by atoms with Crippen LogP contribution in [-0.4, -0.2) is 11.0 Å². The van der Waals surface area contributed by atoms with Crippen LogP contribution in [0.1, 0.15) is 0 Å². The monoisotopic (exact) mass is 162 g/mol. The van der Waals surface area contributed by atoms with Crippen molar-refractivity contribution in [2.24, 2.45) is 0 Å². The van der Waals surface area contributed by atoms with Crippen LogP contribution in [0.4, 0.5) is 0 Å². The highest BCUT2D eigenvalue weighted by atomic mass is 35.5. The van der Waals surface area contributed by atoms with E-state index in [1.165, 1.54) is 0 Å². The molecule has 0 aromatic carbocycles. The maximum absolute atomic E-state index is 10.1. The number of alkyl halides is 1. The molecule has 50 valence electrons. The highest BCUT2D eigenvalue weighted by Gasteiger charge is 2.09. The fraction of sp³-hybridized carbons (Fsp3) is 0.167. The summed E-state index contributed by atoms with van der Waals surface area (Å²) >= 11 is 5.63. The Bertz CT molecular complexity index is 152. The summed E-state index contributed by atoms with van der Waals surface area (Å²) in [5, 5.41) is 3.95. The normalized spacial score (nSPS) is 22.6. The minimum Gasteiger partial charge on any atom is -0.301 e. The summed E-state index contributed by atoms with van der Waals surface area (Å²) in [6.45, 7) is 0. The Morgan fingerprint density at radius 3 is 2.44 bits per heavy atom. The average molecular weight is 163 g/mol. The molecule has 0 bridgehead atoms. The second-order valence-electron chi connectivity index (χ2n) is 1.64. The lowest BCUT2D eigenvalue weighted by atomic mass is 10.6. The van der Waals surface area contributed by atoms with Crippen LogP contribution < -0.4 is 0 Å². The summed E-state index contributed by atoms with van der Waals surface area (Å²) in [6, 6.07) is 0. The van der Waals surface area contributed by atoms with Gasteiger partial charge in [0.2, 0.25) is 0 Å².